The van der Waals surface area contributed by atoms with E-state index in [1.165, 1.54) is 38.6 Å². The molecule has 1 heterocycles. The molecule has 15 heavy (non-hydrogen) atoms. The van der Waals surface area contributed by atoms with E-state index < -0.39 is 0 Å². The molecular formula is C12H23N3. The van der Waals surface area contributed by atoms with Crippen LogP contribution in [0.25, 0.3) is 0 Å². The lowest BCUT2D eigenvalue weighted by Gasteiger charge is -2.21. The van der Waals surface area contributed by atoms with Crippen molar-refractivity contribution >= 4 is 0 Å². The number of hydrogen-bond donors (Lipinski definition) is 2. The molecule has 1 fully saturated rings. The summed E-state index contributed by atoms with van der Waals surface area (Å²) in [7, 11) is 0. The van der Waals surface area contributed by atoms with E-state index in [2.05, 4.69) is 23.6 Å². The van der Waals surface area contributed by atoms with Gasteiger partial charge in [0.15, 0.2) is 0 Å². The van der Waals surface area contributed by atoms with Crippen molar-refractivity contribution in [3.63, 3.8) is 0 Å². The highest BCUT2D eigenvalue weighted by Gasteiger charge is 2.14. The number of nitrogens with zero attached hydrogens (tertiary/aromatic N) is 1. The highest BCUT2D eigenvalue weighted by Crippen LogP contribution is 2.12. The molecule has 2 atom stereocenters. The normalized spacial score (nSPS) is 24.1. The molecule has 0 aliphatic carbocycles. The first-order valence-electron chi connectivity index (χ1n) is 6.16. The molecule has 86 valence electrons. The van der Waals surface area contributed by atoms with Crippen LogP contribution in [0, 0.1) is 11.3 Å². The van der Waals surface area contributed by atoms with Crippen LogP contribution in [0.1, 0.15) is 45.4 Å². The van der Waals surface area contributed by atoms with E-state index in [0.29, 0.717) is 18.5 Å². The fourth-order valence-corrected chi connectivity index (χ4v) is 2.19. The minimum Gasteiger partial charge on any atom is -0.314 e. The van der Waals surface area contributed by atoms with Crippen LogP contribution in [-0.4, -0.2) is 25.2 Å². The third kappa shape index (κ3) is 5.76. The third-order valence-corrected chi connectivity index (χ3v) is 3.03. The average Bonchev–Trinajstić information content (AvgIpc) is 2.47. The van der Waals surface area contributed by atoms with Crippen molar-refractivity contribution in [1.82, 2.24) is 10.6 Å². The lowest BCUT2D eigenvalue weighted by Crippen LogP contribution is -2.37. The van der Waals surface area contributed by atoms with Gasteiger partial charge in [-0.1, -0.05) is 12.8 Å². The SMILES string of the molecule is CC(CC1CCCCCN1)NCCC#N. The van der Waals surface area contributed by atoms with E-state index in [1.807, 2.05) is 0 Å². The van der Waals surface area contributed by atoms with Crippen LogP contribution in [0.3, 0.4) is 0 Å². The van der Waals surface area contributed by atoms with Gasteiger partial charge in [0.2, 0.25) is 0 Å². The van der Waals surface area contributed by atoms with Gasteiger partial charge in [0.25, 0.3) is 0 Å². The first kappa shape index (κ1) is 12.5. The molecule has 0 aromatic heterocycles. The zero-order chi connectivity index (χ0) is 10.9. The summed E-state index contributed by atoms with van der Waals surface area (Å²) in [4.78, 5) is 0. The summed E-state index contributed by atoms with van der Waals surface area (Å²) < 4.78 is 0. The van der Waals surface area contributed by atoms with Crippen LogP contribution in [0.4, 0.5) is 0 Å². The van der Waals surface area contributed by atoms with Gasteiger partial charge in [-0.2, -0.15) is 5.26 Å². The Labute approximate surface area is 93.2 Å². The quantitative estimate of drug-likeness (QED) is 0.679. The average molecular weight is 209 g/mol. The molecule has 0 amide bonds. The van der Waals surface area contributed by atoms with E-state index in [4.69, 9.17) is 5.26 Å². The van der Waals surface area contributed by atoms with Crippen molar-refractivity contribution in [2.45, 2.75) is 57.5 Å². The van der Waals surface area contributed by atoms with Crippen molar-refractivity contribution in [3.05, 3.63) is 0 Å². The smallest absolute Gasteiger partial charge is 0.0635 e. The predicted octanol–water partition coefficient (Wildman–Crippen LogP) is 1.80. The van der Waals surface area contributed by atoms with Gasteiger partial charge in [-0.3, -0.25) is 0 Å². The van der Waals surface area contributed by atoms with Crippen molar-refractivity contribution < 1.29 is 0 Å². The molecule has 0 spiro atoms. The molecule has 1 aliphatic heterocycles. The second-order valence-electron chi connectivity index (χ2n) is 4.50. The Morgan fingerprint density at radius 3 is 3.13 bits per heavy atom. The maximum absolute atomic E-state index is 8.44. The summed E-state index contributed by atoms with van der Waals surface area (Å²) in [5, 5.41) is 15.4. The minimum atomic E-state index is 0.522. The molecule has 0 aromatic carbocycles. The Morgan fingerprint density at radius 1 is 1.47 bits per heavy atom. The number of rotatable bonds is 5. The second kappa shape index (κ2) is 7.67. The standard InChI is InChI=1S/C12H23N3/c1-11(14-9-5-7-13)10-12-6-3-2-4-8-15-12/h11-12,14-15H,2-6,8-10H2,1H3. The molecule has 0 bridgehead atoms. The Kier molecular flexibility index (Phi) is 6.38. The van der Waals surface area contributed by atoms with Gasteiger partial charge in [0.05, 0.1) is 6.07 Å². The summed E-state index contributed by atoms with van der Waals surface area (Å²) in [5.74, 6) is 0. The van der Waals surface area contributed by atoms with Crippen LogP contribution in [0.2, 0.25) is 0 Å². The van der Waals surface area contributed by atoms with Crippen LogP contribution in [-0.2, 0) is 0 Å². The van der Waals surface area contributed by atoms with E-state index in [0.717, 1.165) is 6.54 Å². The Balaban J connectivity index is 2.12. The van der Waals surface area contributed by atoms with E-state index in [9.17, 15) is 0 Å². The summed E-state index contributed by atoms with van der Waals surface area (Å²) in [5.41, 5.74) is 0. The number of hydrogen-bond acceptors (Lipinski definition) is 3. The Bertz CT molecular complexity index is 190. The van der Waals surface area contributed by atoms with Crippen molar-refractivity contribution in [2.75, 3.05) is 13.1 Å². The van der Waals surface area contributed by atoms with Crippen LogP contribution >= 0.6 is 0 Å². The van der Waals surface area contributed by atoms with Gasteiger partial charge in [-0.05, 0) is 32.7 Å². The van der Waals surface area contributed by atoms with Crippen molar-refractivity contribution in [3.8, 4) is 6.07 Å². The van der Waals surface area contributed by atoms with E-state index in [1.54, 1.807) is 0 Å². The molecular weight excluding hydrogens is 186 g/mol. The molecule has 1 rings (SSSR count). The molecule has 0 radical (unpaired) electrons. The van der Waals surface area contributed by atoms with E-state index >= 15 is 0 Å². The largest absolute Gasteiger partial charge is 0.314 e. The lowest BCUT2D eigenvalue weighted by atomic mass is 10.0. The molecule has 3 nitrogen and oxygen atoms in total. The molecule has 0 aromatic rings. The van der Waals surface area contributed by atoms with Gasteiger partial charge >= 0.3 is 0 Å². The molecule has 2 N–H and O–H groups in total. The van der Waals surface area contributed by atoms with Gasteiger partial charge in [-0.15, -0.1) is 0 Å². The summed E-state index contributed by atoms with van der Waals surface area (Å²) in [6.45, 7) is 4.21. The molecule has 1 aliphatic rings. The first-order valence-corrected chi connectivity index (χ1v) is 6.16. The zero-order valence-corrected chi connectivity index (χ0v) is 9.76. The van der Waals surface area contributed by atoms with Crippen molar-refractivity contribution in [1.29, 1.82) is 5.26 Å². The fraction of sp³-hybridized carbons (Fsp3) is 0.917. The summed E-state index contributed by atoms with van der Waals surface area (Å²) in [6, 6.07) is 3.36. The van der Waals surface area contributed by atoms with Crippen LogP contribution in [0.5, 0.6) is 0 Å². The van der Waals surface area contributed by atoms with Gasteiger partial charge < -0.3 is 10.6 Å². The topological polar surface area (TPSA) is 47.8 Å². The van der Waals surface area contributed by atoms with E-state index in [-0.39, 0.29) is 0 Å². The highest BCUT2D eigenvalue weighted by atomic mass is 14.9. The molecule has 2 unspecified atom stereocenters. The molecule has 0 saturated carbocycles. The summed E-state index contributed by atoms with van der Waals surface area (Å²) >= 11 is 0. The maximum Gasteiger partial charge on any atom is 0.0635 e. The summed E-state index contributed by atoms with van der Waals surface area (Å²) in [6.07, 6.45) is 7.17. The van der Waals surface area contributed by atoms with Gasteiger partial charge in [-0.25, -0.2) is 0 Å². The lowest BCUT2D eigenvalue weighted by molar-refractivity contribution is 0.406. The fourth-order valence-electron chi connectivity index (χ4n) is 2.19. The molecule has 1 saturated heterocycles. The number of nitrogens with one attached hydrogen (secondary N) is 2. The molecule has 3 heteroatoms. The Morgan fingerprint density at radius 2 is 2.33 bits per heavy atom. The first-order chi connectivity index (χ1) is 7.33. The minimum absolute atomic E-state index is 0.522. The van der Waals surface area contributed by atoms with Crippen LogP contribution in [0.15, 0.2) is 0 Å². The Hall–Kier alpha value is -0.590. The van der Waals surface area contributed by atoms with Crippen LogP contribution < -0.4 is 10.6 Å². The number of nitriles is 1. The monoisotopic (exact) mass is 209 g/mol. The highest BCUT2D eigenvalue weighted by molar-refractivity contribution is 4.77. The zero-order valence-electron chi connectivity index (χ0n) is 9.76. The second-order valence-corrected chi connectivity index (χ2v) is 4.50. The predicted molar refractivity (Wildman–Crippen MR) is 62.6 cm³/mol. The van der Waals surface area contributed by atoms with Crippen molar-refractivity contribution in [2.24, 2.45) is 0 Å². The third-order valence-electron chi connectivity index (χ3n) is 3.03. The maximum atomic E-state index is 8.44. The van der Waals surface area contributed by atoms with Gasteiger partial charge in [0.1, 0.15) is 0 Å². The van der Waals surface area contributed by atoms with Gasteiger partial charge in [0, 0.05) is 25.0 Å².